The summed E-state index contributed by atoms with van der Waals surface area (Å²) in [5.41, 5.74) is 7.38. The standard InChI is InChI=1S/C10H16N2O3S/c1-7-9(6-11)10(15-12-7)8-2-4-16(13,14)5-3-8/h8H,2-6,11H2,1H3. The predicted octanol–water partition coefficient (Wildman–Crippen LogP) is 0.734. The Hall–Kier alpha value is -0.880. The zero-order valence-corrected chi connectivity index (χ0v) is 10.1. The SMILES string of the molecule is Cc1noc(C2CCS(=O)(=O)CC2)c1CN. The lowest BCUT2D eigenvalue weighted by molar-refractivity contribution is 0.346. The Balaban J connectivity index is 2.20. The van der Waals surface area contributed by atoms with E-state index in [0.29, 0.717) is 19.4 Å². The van der Waals surface area contributed by atoms with Gasteiger partial charge in [-0.3, -0.25) is 0 Å². The lowest BCUT2D eigenvalue weighted by atomic mass is 9.96. The van der Waals surface area contributed by atoms with Gasteiger partial charge in [0.1, 0.15) is 15.6 Å². The maximum atomic E-state index is 11.3. The van der Waals surface area contributed by atoms with E-state index in [0.717, 1.165) is 17.0 Å². The van der Waals surface area contributed by atoms with E-state index in [4.69, 9.17) is 10.3 Å². The highest BCUT2D eigenvalue weighted by molar-refractivity contribution is 7.91. The van der Waals surface area contributed by atoms with Crippen LogP contribution in [0, 0.1) is 6.92 Å². The molecule has 0 aliphatic carbocycles. The summed E-state index contributed by atoms with van der Waals surface area (Å²) in [6.07, 6.45) is 1.23. The van der Waals surface area contributed by atoms with Gasteiger partial charge in [0.25, 0.3) is 0 Å². The van der Waals surface area contributed by atoms with Crippen LogP contribution in [0.15, 0.2) is 4.52 Å². The second kappa shape index (κ2) is 4.18. The molecule has 0 bridgehead atoms. The van der Waals surface area contributed by atoms with Gasteiger partial charge in [-0.25, -0.2) is 8.42 Å². The first-order chi connectivity index (χ1) is 7.53. The van der Waals surface area contributed by atoms with Gasteiger partial charge in [-0.05, 0) is 19.8 Å². The van der Waals surface area contributed by atoms with Crippen molar-refractivity contribution in [3.05, 3.63) is 17.0 Å². The summed E-state index contributed by atoms with van der Waals surface area (Å²) in [6.45, 7) is 2.25. The zero-order valence-electron chi connectivity index (χ0n) is 9.27. The summed E-state index contributed by atoms with van der Waals surface area (Å²) in [6, 6.07) is 0. The van der Waals surface area contributed by atoms with Crippen LogP contribution in [0.2, 0.25) is 0 Å². The number of nitrogens with zero attached hydrogens (tertiary/aromatic N) is 1. The molecule has 6 heteroatoms. The molecular formula is C10H16N2O3S. The molecule has 1 aromatic rings. The van der Waals surface area contributed by atoms with Gasteiger partial charge < -0.3 is 10.3 Å². The number of rotatable bonds is 2. The Morgan fingerprint density at radius 1 is 1.44 bits per heavy atom. The maximum absolute atomic E-state index is 11.3. The molecule has 2 heterocycles. The lowest BCUT2D eigenvalue weighted by Gasteiger charge is -2.20. The van der Waals surface area contributed by atoms with Gasteiger partial charge in [-0.1, -0.05) is 5.16 Å². The average Bonchev–Trinajstić information content (AvgIpc) is 2.59. The van der Waals surface area contributed by atoms with E-state index in [1.54, 1.807) is 0 Å². The Morgan fingerprint density at radius 2 is 2.06 bits per heavy atom. The Bertz CT molecular complexity index is 464. The van der Waals surface area contributed by atoms with E-state index in [1.165, 1.54) is 0 Å². The highest BCUT2D eigenvalue weighted by atomic mass is 32.2. The van der Waals surface area contributed by atoms with Crippen LogP contribution in [0.1, 0.15) is 35.8 Å². The molecule has 0 aromatic carbocycles. The third kappa shape index (κ3) is 2.12. The van der Waals surface area contributed by atoms with Crippen LogP contribution in [0.4, 0.5) is 0 Å². The highest BCUT2D eigenvalue weighted by Crippen LogP contribution is 2.32. The van der Waals surface area contributed by atoms with E-state index in [2.05, 4.69) is 5.16 Å². The summed E-state index contributed by atoms with van der Waals surface area (Å²) in [5.74, 6) is 1.42. The summed E-state index contributed by atoms with van der Waals surface area (Å²) in [4.78, 5) is 0. The molecule has 1 aliphatic rings. The minimum atomic E-state index is -2.83. The van der Waals surface area contributed by atoms with Crippen LogP contribution in [0.25, 0.3) is 0 Å². The molecule has 2 N–H and O–H groups in total. The largest absolute Gasteiger partial charge is 0.361 e. The van der Waals surface area contributed by atoms with Crippen molar-refractivity contribution in [2.75, 3.05) is 11.5 Å². The number of aryl methyl sites for hydroxylation is 1. The number of sulfone groups is 1. The summed E-state index contributed by atoms with van der Waals surface area (Å²) in [7, 11) is -2.83. The quantitative estimate of drug-likeness (QED) is 0.829. The van der Waals surface area contributed by atoms with Crippen molar-refractivity contribution in [3.8, 4) is 0 Å². The lowest BCUT2D eigenvalue weighted by Crippen LogP contribution is -2.22. The monoisotopic (exact) mass is 244 g/mol. The van der Waals surface area contributed by atoms with Gasteiger partial charge in [0.05, 0.1) is 17.2 Å². The summed E-state index contributed by atoms with van der Waals surface area (Å²) in [5, 5.41) is 3.89. The van der Waals surface area contributed by atoms with Crippen molar-refractivity contribution < 1.29 is 12.9 Å². The molecule has 1 aromatic heterocycles. The maximum Gasteiger partial charge on any atom is 0.150 e. The van der Waals surface area contributed by atoms with Crippen molar-refractivity contribution in [2.45, 2.75) is 32.2 Å². The second-order valence-corrected chi connectivity index (χ2v) is 6.54. The number of nitrogens with two attached hydrogens (primary N) is 1. The molecule has 0 unspecified atom stereocenters. The normalized spacial score (nSPS) is 21.1. The second-order valence-electron chi connectivity index (χ2n) is 4.24. The predicted molar refractivity (Wildman–Crippen MR) is 59.8 cm³/mol. The van der Waals surface area contributed by atoms with Crippen LogP contribution in [0.3, 0.4) is 0 Å². The first kappa shape index (κ1) is 11.6. The smallest absolute Gasteiger partial charge is 0.150 e. The Labute approximate surface area is 94.9 Å². The van der Waals surface area contributed by atoms with Crippen molar-refractivity contribution >= 4 is 9.84 Å². The van der Waals surface area contributed by atoms with Gasteiger partial charge in [0, 0.05) is 18.0 Å². The minimum Gasteiger partial charge on any atom is -0.361 e. The third-order valence-corrected chi connectivity index (χ3v) is 4.86. The van der Waals surface area contributed by atoms with Crippen molar-refractivity contribution in [1.82, 2.24) is 5.16 Å². The van der Waals surface area contributed by atoms with Crippen LogP contribution < -0.4 is 5.73 Å². The van der Waals surface area contributed by atoms with E-state index >= 15 is 0 Å². The van der Waals surface area contributed by atoms with E-state index in [-0.39, 0.29) is 17.4 Å². The van der Waals surface area contributed by atoms with E-state index in [9.17, 15) is 8.42 Å². The fourth-order valence-corrected chi connectivity index (χ4v) is 3.62. The fraction of sp³-hybridized carbons (Fsp3) is 0.700. The summed E-state index contributed by atoms with van der Waals surface area (Å²) >= 11 is 0. The van der Waals surface area contributed by atoms with Gasteiger partial charge in [-0.15, -0.1) is 0 Å². The first-order valence-corrected chi connectivity index (χ1v) is 7.21. The molecule has 1 aliphatic heterocycles. The van der Waals surface area contributed by atoms with Gasteiger partial charge in [0.2, 0.25) is 0 Å². The molecular weight excluding hydrogens is 228 g/mol. The van der Waals surface area contributed by atoms with E-state index < -0.39 is 9.84 Å². The van der Waals surface area contributed by atoms with Crippen LogP contribution in [-0.2, 0) is 16.4 Å². The van der Waals surface area contributed by atoms with Crippen LogP contribution >= 0.6 is 0 Å². The third-order valence-electron chi connectivity index (χ3n) is 3.14. The van der Waals surface area contributed by atoms with Gasteiger partial charge >= 0.3 is 0 Å². The van der Waals surface area contributed by atoms with Gasteiger partial charge in [0.15, 0.2) is 0 Å². The Kier molecular flexibility index (Phi) is 3.03. The molecule has 16 heavy (non-hydrogen) atoms. The fourth-order valence-electron chi connectivity index (χ4n) is 2.13. The minimum absolute atomic E-state index is 0.156. The highest BCUT2D eigenvalue weighted by Gasteiger charge is 2.29. The summed E-state index contributed by atoms with van der Waals surface area (Å²) < 4.78 is 27.9. The number of hydrogen-bond donors (Lipinski definition) is 1. The molecule has 5 nitrogen and oxygen atoms in total. The molecule has 0 radical (unpaired) electrons. The van der Waals surface area contributed by atoms with Crippen LogP contribution in [-0.4, -0.2) is 25.1 Å². The molecule has 90 valence electrons. The molecule has 1 saturated heterocycles. The molecule has 0 spiro atoms. The van der Waals surface area contributed by atoms with Crippen molar-refractivity contribution in [1.29, 1.82) is 0 Å². The first-order valence-electron chi connectivity index (χ1n) is 5.39. The van der Waals surface area contributed by atoms with Crippen molar-refractivity contribution in [2.24, 2.45) is 5.73 Å². The molecule has 0 atom stereocenters. The van der Waals surface area contributed by atoms with Crippen molar-refractivity contribution in [3.63, 3.8) is 0 Å². The zero-order chi connectivity index (χ0) is 11.8. The molecule has 2 rings (SSSR count). The topological polar surface area (TPSA) is 86.2 Å². The molecule has 1 fully saturated rings. The average molecular weight is 244 g/mol. The number of aromatic nitrogens is 1. The van der Waals surface area contributed by atoms with Gasteiger partial charge in [-0.2, -0.15) is 0 Å². The van der Waals surface area contributed by atoms with E-state index in [1.807, 2.05) is 6.92 Å². The molecule has 0 amide bonds. The number of hydrogen-bond acceptors (Lipinski definition) is 5. The van der Waals surface area contributed by atoms with Crippen LogP contribution in [0.5, 0.6) is 0 Å². The molecule has 0 saturated carbocycles. The Morgan fingerprint density at radius 3 is 2.62 bits per heavy atom.